The van der Waals surface area contributed by atoms with Crippen LogP contribution in [-0.4, -0.2) is 30.5 Å². The van der Waals surface area contributed by atoms with Crippen molar-refractivity contribution in [1.29, 1.82) is 5.26 Å². The van der Waals surface area contributed by atoms with Crippen LogP contribution in [0.4, 0.5) is 4.39 Å². The van der Waals surface area contributed by atoms with E-state index in [0.717, 1.165) is 12.1 Å². The van der Waals surface area contributed by atoms with Gasteiger partial charge in [-0.15, -0.1) is 0 Å². The van der Waals surface area contributed by atoms with Gasteiger partial charge in [0.05, 0.1) is 6.07 Å². The summed E-state index contributed by atoms with van der Waals surface area (Å²) in [5, 5.41) is 17.1. The Kier molecular flexibility index (Phi) is 3.30. The number of hydrogen-bond acceptors (Lipinski definition) is 4. The van der Waals surface area contributed by atoms with Gasteiger partial charge in [0.2, 0.25) is 0 Å². The molecular formula is C13H12FNO4S. The molecule has 7 heteroatoms. The number of carbonyl (C=O) groups is 1. The van der Waals surface area contributed by atoms with Crippen LogP contribution in [-0.2, 0) is 14.6 Å². The Morgan fingerprint density at radius 1 is 1.45 bits per heavy atom. The Labute approximate surface area is 115 Å². The fraction of sp³-hybridized carbons (Fsp3) is 0.385. The SMILES string of the molecule is CCS(=O)(=O)[C@H]1[C@@H](c2ccc(F)cc2)[C@@]1(C#N)C(=O)O. The van der Waals surface area contributed by atoms with Gasteiger partial charge in [0.1, 0.15) is 11.1 Å². The molecule has 0 heterocycles. The minimum Gasteiger partial charge on any atom is -0.480 e. The number of benzene rings is 1. The zero-order chi connectivity index (χ0) is 15.1. The molecule has 0 aromatic heterocycles. The number of sulfone groups is 1. The fourth-order valence-electron chi connectivity index (χ4n) is 2.57. The summed E-state index contributed by atoms with van der Waals surface area (Å²) < 4.78 is 36.9. The van der Waals surface area contributed by atoms with Crippen molar-refractivity contribution in [3.8, 4) is 6.07 Å². The normalized spacial score (nSPS) is 28.6. The molecule has 1 fully saturated rings. The lowest BCUT2D eigenvalue weighted by Gasteiger charge is -2.02. The van der Waals surface area contributed by atoms with Crippen LogP contribution < -0.4 is 0 Å². The molecule has 1 aliphatic rings. The van der Waals surface area contributed by atoms with E-state index in [1.54, 1.807) is 6.07 Å². The molecule has 20 heavy (non-hydrogen) atoms. The van der Waals surface area contributed by atoms with Crippen molar-refractivity contribution < 1.29 is 22.7 Å². The van der Waals surface area contributed by atoms with Crippen LogP contribution in [0.2, 0.25) is 0 Å². The second-order valence-electron chi connectivity index (χ2n) is 4.69. The van der Waals surface area contributed by atoms with Crippen molar-refractivity contribution in [1.82, 2.24) is 0 Å². The Morgan fingerprint density at radius 2 is 2.00 bits per heavy atom. The van der Waals surface area contributed by atoms with Gasteiger partial charge in [-0.3, -0.25) is 4.79 Å². The zero-order valence-corrected chi connectivity index (χ0v) is 11.4. The van der Waals surface area contributed by atoms with Gasteiger partial charge in [-0.05, 0) is 17.7 Å². The highest BCUT2D eigenvalue weighted by atomic mass is 32.2. The third-order valence-electron chi connectivity index (χ3n) is 3.69. The molecule has 0 spiro atoms. The molecule has 0 aliphatic heterocycles. The zero-order valence-electron chi connectivity index (χ0n) is 10.6. The van der Waals surface area contributed by atoms with Crippen molar-refractivity contribution in [2.45, 2.75) is 18.1 Å². The summed E-state index contributed by atoms with van der Waals surface area (Å²) in [4.78, 5) is 11.4. The molecule has 0 bridgehead atoms. The molecule has 106 valence electrons. The molecule has 1 aromatic carbocycles. The monoisotopic (exact) mass is 297 g/mol. The highest BCUT2D eigenvalue weighted by Gasteiger charge is 2.76. The second-order valence-corrected chi connectivity index (χ2v) is 7.10. The van der Waals surface area contributed by atoms with Crippen LogP contribution in [0, 0.1) is 22.6 Å². The standard InChI is InChI=1S/C13H12FNO4S/c1-2-20(18,19)11-10(13(11,7-15)12(16)17)8-3-5-9(14)6-4-8/h3-6,10-11H,2H2,1H3,(H,16,17)/t10-,11+,13-/m1/s1. The van der Waals surface area contributed by atoms with E-state index in [0.29, 0.717) is 5.56 Å². The third kappa shape index (κ3) is 1.88. The molecule has 5 nitrogen and oxygen atoms in total. The molecule has 3 atom stereocenters. The van der Waals surface area contributed by atoms with Crippen LogP contribution in [0.5, 0.6) is 0 Å². The number of carboxylic acid groups (broad SMARTS) is 1. The largest absolute Gasteiger partial charge is 0.480 e. The topological polar surface area (TPSA) is 95.2 Å². The average Bonchev–Trinajstić information content (AvgIpc) is 3.11. The Balaban J connectivity index is 2.54. The highest BCUT2D eigenvalue weighted by molar-refractivity contribution is 7.92. The molecule has 2 rings (SSSR count). The molecule has 0 unspecified atom stereocenters. The first kappa shape index (κ1) is 14.5. The van der Waals surface area contributed by atoms with E-state index in [2.05, 4.69) is 0 Å². The van der Waals surface area contributed by atoms with Gasteiger partial charge in [-0.2, -0.15) is 5.26 Å². The first-order chi connectivity index (χ1) is 9.31. The minimum atomic E-state index is -3.69. The van der Waals surface area contributed by atoms with E-state index in [1.165, 1.54) is 19.1 Å². The first-order valence-corrected chi connectivity index (χ1v) is 7.64. The van der Waals surface area contributed by atoms with Gasteiger partial charge in [-0.25, -0.2) is 12.8 Å². The van der Waals surface area contributed by atoms with E-state index >= 15 is 0 Å². The quantitative estimate of drug-likeness (QED) is 0.904. The lowest BCUT2D eigenvalue weighted by Crippen LogP contribution is -2.23. The van der Waals surface area contributed by atoms with Crippen molar-refractivity contribution in [2.24, 2.45) is 5.41 Å². The summed E-state index contributed by atoms with van der Waals surface area (Å²) in [6.45, 7) is 1.40. The maximum Gasteiger partial charge on any atom is 0.326 e. The summed E-state index contributed by atoms with van der Waals surface area (Å²) in [7, 11) is -3.69. The first-order valence-electron chi connectivity index (χ1n) is 5.93. The molecule has 1 N–H and O–H groups in total. The number of nitrogens with zero attached hydrogens (tertiary/aromatic N) is 1. The number of hydrogen-bond donors (Lipinski definition) is 1. The van der Waals surface area contributed by atoms with Crippen LogP contribution in [0.15, 0.2) is 24.3 Å². The molecule has 0 amide bonds. The van der Waals surface area contributed by atoms with Crippen molar-refractivity contribution in [3.05, 3.63) is 35.6 Å². The smallest absolute Gasteiger partial charge is 0.326 e. The van der Waals surface area contributed by atoms with Crippen LogP contribution in [0.25, 0.3) is 0 Å². The Hall–Kier alpha value is -1.94. The van der Waals surface area contributed by atoms with Gasteiger partial charge in [0.25, 0.3) is 0 Å². The number of carboxylic acids is 1. The maximum atomic E-state index is 12.9. The molecule has 0 saturated heterocycles. The van der Waals surface area contributed by atoms with E-state index in [9.17, 15) is 28.0 Å². The summed E-state index contributed by atoms with van der Waals surface area (Å²) in [5.74, 6) is -3.18. The molecule has 0 radical (unpaired) electrons. The van der Waals surface area contributed by atoms with E-state index in [4.69, 9.17) is 0 Å². The lowest BCUT2D eigenvalue weighted by atomic mass is 10.0. The van der Waals surface area contributed by atoms with Crippen molar-refractivity contribution in [3.63, 3.8) is 0 Å². The van der Waals surface area contributed by atoms with Gasteiger partial charge >= 0.3 is 5.97 Å². The Bertz CT molecular complexity index is 692. The number of rotatable bonds is 4. The lowest BCUT2D eigenvalue weighted by molar-refractivity contribution is -0.141. The number of halogens is 1. The van der Waals surface area contributed by atoms with Crippen LogP contribution in [0.3, 0.4) is 0 Å². The predicted octanol–water partition coefficient (Wildman–Crippen LogP) is 1.32. The van der Waals surface area contributed by atoms with E-state index < -0.39 is 38.2 Å². The number of nitriles is 1. The Morgan fingerprint density at radius 3 is 2.40 bits per heavy atom. The molecular weight excluding hydrogens is 285 g/mol. The average molecular weight is 297 g/mol. The van der Waals surface area contributed by atoms with Crippen LogP contribution >= 0.6 is 0 Å². The van der Waals surface area contributed by atoms with Gasteiger partial charge < -0.3 is 5.11 Å². The van der Waals surface area contributed by atoms with Crippen molar-refractivity contribution >= 4 is 15.8 Å². The summed E-state index contributed by atoms with van der Waals surface area (Å²) >= 11 is 0. The van der Waals surface area contributed by atoms with Gasteiger partial charge in [0.15, 0.2) is 15.3 Å². The minimum absolute atomic E-state index is 0.244. The molecule has 1 aromatic rings. The summed E-state index contributed by atoms with van der Waals surface area (Å²) in [5.41, 5.74) is -1.63. The van der Waals surface area contributed by atoms with Crippen molar-refractivity contribution in [2.75, 3.05) is 5.75 Å². The predicted molar refractivity (Wildman–Crippen MR) is 68.1 cm³/mol. The van der Waals surface area contributed by atoms with Gasteiger partial charge in [0, 0.05) is 11.7 Å². The van der Waals surface area contributed by atoms with E-state index in [-0.39, 0.29) is 5.75 Å². The molecule has 1 saturated carbocycles. The summed E-state index contributed by atoms with van der Waals surface area (Å²) in [6.07, 6.45) is 0. The van der Waals surface area contributed by atoms with Gasteiger partial charge in [-0.1, -0.05) is 19.1 Å². The maximum absolute atomic E-state index is 12.9. The fourth-order valence-corrected chi connectivity index (χ4v) is 4.50. The molecule has 1 aliphatic carbocycles. The second kappa shape index (κ2) is 4.56. The van der Waals surface area contributed by atoms with E-state index in [1.807, 2.05) is 0 Å². The highest BCUT2D eigenvalue weighted by Crippen LogP contribution is 2.62. The summed E-state index contributed by atoms with van der Waals surface area (Å²) in [6, 6.07) is 6.51. The van der Waals surface area contributed by atoms with Crippen LogP contribution in [0.1, 0.15) is 18.4 Å². The number of aliphatic carboxylic acids is 1. The third-order valence-corrected chi connectivity index (χ3v) is 5.91.